The summed E-state index contributed by atoms with van der Waals surface area (Å²) in [7, 11) is 0. The van der Waals surface area contributed by atoms with Gasteiger partial charge in [0.1, 0.15) is 5.69 Å². The highest BCUT2D eigenvalue weighted by Gasteiger charge is 2.25. The van der Waals surface area contributed by atoms with Crippen molar-refractivity contribution < 1.29 is 14.3 Å². The molecule has 2 aromatic heterocycles. The molecule has 7 nitrogen and oxygen atoms in total. The third-order valence-electron chi connectivity index (χ3n) is 5.45. The van der Waals surface area contributed by atoms with Crippen molar-refractivity contribution in [3.63, 3.8) is 0 Å². The fourth-order valence-electron chi connectivity index (χ4n) is 3.89. The summed E-state index contributed by atoms with van der Waals surface area (Å²) in [4.78, 5) is 45.5. The van der Waals surface area contributed by atoms with E-state index in [-0.39, 0.29) is 16.9 Å². The summed E-state index contributed by atoms with van der Waals surface area (Å²) in [6.07, 6.45) is -0.958. The Balaban J connectivity index is 1.62. The van der Waals surface area contributed by atoms with Gasteiger partial charge in [0.15, 0.2) is 6.10 Å². The van der Waals surface area contributed by atoms with Crippen LogP contribution < -0.4 is 5.56 Å². The molecule has 0 saturated heterocycles. The van der Waals surface area contributed by atoms with E-state index in [1.165, 1.54) is 0 Å². The Kier molecular flexibility index (Phi) is 5.19. The summed E-state index contributed by atoms with van der Waals surface area (Å²) in [6, 6.07) is 12.4. The number of carbonyl (C=O) groups is 2. The maximum atomic E-state index is 13.0. The molecule has 0 bridgehead atoms. The van der Waals surface area contributed by atoms with Crippen LogP contribution in [-0.4, -0.2) is 32.4 Å². The molecule has 158 valence electrons. The van der Waals surface area contributed by atoms with E-state index in [1.54, 1.807) is 36.6 Å². The van der Waals surface area contributed by atoms with Crippen molar-refractivity contribution in [2.24, 2.45) is 0 Å². The van der Waals surface area contributed by atoms with Crippen molar-refractivity contribution in [2.45, 2.75) is 40.3 Å². The lowest BCUT2D eigenvalue weighted by Crippen LogP contribution is -2.25. The standard InChI is InChI=1S/C24H23N3O4/c1-5-27-20-11-10-16(12-19(20)26-14(3)23(27)29)24(30)31-15(4)22(28)21-13(2)25-18-9-7-6-8-17(18)21/h6-12,15,25H,5H2,1-4H3. The van der Waals surface area contributed by atoms with Crippen molar-refractivity contribution in [1.29, 1.82) is 0 Å². The SMILES string of the molecule is CCn1c(=O)c(C)nc2cc(C(=O)OC(C)C(=O)c3c(C)[nH]c4ccccc34)ccc21. The number of nitrogens with one attached hydrogen (secondary N) is 1. The Labute approximate surface area is 178 Å². The maximum absolute atomic E-state index is 13.0. The van der Waals surface area contributed by atoms with Gasteiger partial charge in [-0.2, -0.15) is 0 Å². The lowest BCUT2D eigenvalue weighted by atomic mass is 10.0. The van der Waals surface area contributed by atoms with Crippen molar-refractivity contribution in [3.8, 4) is 0 Å². The van der Waals surface area contributed by atoms with E-state index in [0.717, 1.165) is 16.6 Å². The Bertz CT molecular complexity index is 1400. The molecule has 0 radical (unpaired) electrons. The Morgan fingerprint density at radius 2 is 1.90 bits per heavy atom. The molecule has 4 rings (SSSR count). The largest absolute Gasteiger partial charge is 0.451 e. The maximum Gasteiger partial charge on any atom is 0.338 e. The number of ether oxygens (including phenoxy) is 1. The monoisotopic (exact) mass is 417 g/mol. The van der Waals surface area contributed by atoms with Gasteiger partial charge in [0.05, 0.1) is 16.6 Å². The first kappa shape index (κ1) is 20.5. The fourth-order valence-corrected chi connectivity index (χ4v) is 3.89. The second-order valence-corrected chi connectivity index (χ2v) is 7.53. The van der Waals surface area contributed by atoms with Crippen molar-refractivity contribution in [1.82, 2.24) is 14.5 Å². The molecule has 31 heavy (non-hydrogen) atoms. The summed E-state index contributed by atoms with van der Waals surface area (Å²) >= 11 is 0. The second-order valence-electron chi connectivity index (χ2n) is 7.53. The minimum atomic E-state index is -0.958. The van der Waals surface area contributed by atoms with Gasteiger partial charge in [-0.15, -0.1) is 0 Å². The first-order chi connectivity index (χ1) is 14.8. The molecule has 0 fully saturated rings. The number of hydrogen-bond acceptors (Lipinski definition) is 5. The van der Waals surface area contributed by atoms with Crippen LogP contribution in [0.1, 0.15) is 46.0 Å². The van der Waals surface area contributed by atoms with Crippen LogP contribution in [0, 0.1) is 13.8 Å². The number of benzene rings is 2. The zero-order chi connectivity index (χ0) is 22.3. The van der Waals surface area contributed by atoms with Gasteiger partial charge < -0.3 is 14.3 Å². The van der Waals surface area contributed by atoms with E-state index < -0.39 is 12.1 Å². The Morgan fingerprint density at radius 1 is 1.16 bits per heavy atom. The van der Waals surface area contributed by atoms with Gasteiger partial charge in [0.2, 0.25) is 5.78 Å². The number of nitrogens with zero attached hydrogens (tertiary/aromatic N) is 2. The summed E-state index contributed by atoms with van der Waals surface area (Å²) in [5.74, 6) is -0.883. The molecule has 0 amide bonds. The predicted molar refractivity (Wildman–Crippen MR) is 119 cm³/mol. The lowest BCUT2D eigenvalue weighted by molar-refractivity contribution is 0.0319. The molecule has 7 heteroatoms. The highest BCUT2D eigenvalue weighted by Crippen LogP contribution is 2.24. The number of hydrogen-bond donors (Lipinski definition) is 1. The van der Waals surface area contributed by atoms with Crippen LogP contribution in [0.25, 0.3) is 21.9 Å². The second kappa shape index (κ2) is 7.83. The molecule has 1 atom stereocenters. The van der Waals surface area contributed by atoms with E-state index in [2.05, 4.69) is 9.97 Å². The number of carbonyl (C=O) groups excluding carboxylic acids is 2. The van der Waals surface area contributed by atoms with Crippen LogP contribution in [0.4, 0.5) is 0 Å². The number of aryl methyl sites for hydroxylation is 3. The van der Waals surface area contributed by atoms with Crippen LogP contribution in [0.5, 0.6) is 0 Å². The number of aromatic nitrogens is 3. The van der Waals surface area contributed by atoms with E-state index in [0.29, 0.717) is 28.8 Å². The molecule has 2 heterocycles. The molecule has 1 N–H and O–H groups in total. The van der Waals surface area contributed by atoms with Crippen LogP contribution >= 0.6 is 0 Å². The zero-order valence-electron chi connectivity index (χ0n) is 17.9. The van der Waals surface area contributed by atoms with Crippen LogP contribution in [0.2, 0.25) is 0 Å². The normalized spacial score (nSPS) is 12.3. The third kappa shape index (κ3) is 3.52. The van der Waals surface area contributed by atoms with E-state index in [4.69, 9.17) is 4.74 Å². The van der Waals surface area contributed by atoms with Crippen molar-refractivity contribution in [3.05, 3.63) is 75.3 Å². The highest BCUT2D eigenvalue weighted by atomic mass is 16.5. The first-order valence-corrected chi connectivity index (χ1v) is 10.2. The molecule has 0 saturated carbocycles. The number of para-hydroxylation sites is 1. The predicted octanol–water partition coefficient (Wildman–Crippen LogP) is 3.94. The van der Waals surface area contributed by atoms with E-state index in [1.807, 2.05) is 38.1 Å². The molecule has 0 spiro atoms. The van der Waals surface area contributed by atoms with Gasteiger partial charge >= 0.3 is 5.97 Å². The highest BCUT2D eigenvalue weighted by molar-refractivity contribution is 6.11. The Morgan fingerprint density at radius 3 is 2.65 bits per heavy atom. The summed E-state index contributed by atoms with van der Waals surface area (Å²) < 4.78 is 7.10. The fraction of sp³-hybridized carbons (Fsp3) is 0.250. The zero-order valence-corrected chi connectivity index (χ0v) is 17.9. The van der Waals surface area contributed by atoms with Gasteiger partial charge in [-0.3, -0.25) is 9.59 Å². The summed E-state index contributed by atoms with van der Waals surface area (Å²) in [5, 5.41) is 0.802. The number of fused-ring (bicyclic) bond motifs is 2. The summed E-state index contributed by atoms with van der Waals surface area (Å²) in [5.41, 5.74) is 3.77. The van der Waals surface area contributed by atoms with E-state index in [9.17, 15) is 14.4 Å². The molecule has 2 aromatic carbocycles. The van der Waals surface area contributed by atoms with Crippen molar-refractivity contribution in [2.75, 3.05) is 0 Å². The number of Topliss-reactive ketones (excluding diaryl/α,β-unsaturated/α-hetero) is 1. The molecule has 0 aliphatic carbocycles. The van der Waals surface area contributed by atoms with Gasteiger partial charge in [-0.25, -0.2) is 9.78 Å². The molecule has 0 aliphatic rings. The quantitative estimate of drug-likeness (QED) is 0.392. The molecule has 1 unspecified atom stereocenters. The van der Waals surface area contributed by atoms with Gasteiger partial charge in [0.25, 0.3) is 5.56 Å². The number of rotatable bonds is 5. The summed E-state index contributed by atoms with van der Waals surface area (Å²) in [6.45, 7) is 7.41. The van der Waals surface area contributed by atoms with E-state index >= 15 is 0 Å². The topological polar surface area (TPSA) is 94.0 Å². The van der Waals surface area contributed by atoms with Crippen LogP contribution in [0.3, 0.4) is 0 Å². The minimum absolute atomic E-state index is 0.154. The number of H-pyrrole nitrogens is 1. The van der Waals surface area contributed by atoms with Gasteiger partial charge in [0, 0.05) is 28.7 Å². The number of aromatic amines is 1. The van der Waals surface area contributed by atoms with Crippen LogP contribution in [-0.2, 0) is 11.3 Å². The average Bonchev–Trinajstić information content (AvgIpc) is 3.09. The molecule has 4 aromatic rings. The molecule has 0 aliphatic heterocycles. The third-order valence-corrected chi connectivity index (χ3v) is 5.45. The molecular weight excluding hydrogens is 394 g/mol. The lowest BCUT2D eigenvalue weighted by Gasteiger charge is -2.14. The van der Waals surface area contributed by atoms with Crippen LogP contribution in [0.15, 0.2) is 47.3 Å². The average molecular weight is 417 g/mol. The Hall–Kier alpha value is -3.74. The number of esters is 1. The van der Waals surface area contributed by atoms with Gasteiger partial charge in [-0.05, 0) is 52.0 Å². The smallest absolute Gasteiger partial charge is 0.338 e. The first-order valence-electron chi connectivity index (χ1n) is 10.2. The van der Waals surface area contributed by atoms with Crippen molar-refractivity contribution >= 4 is 33.7 Å². The minimum Gasteiger partial charge on any atom is -0.451 e. The molecular formula is C24H23N3O4. The number of ketones is 1. The van der Waals surface area contributed by atoms with Gasteiger partial charge in [-0.1, -0.05) is 18.2 Å².